The number of amides is 2. The Morgan fingerprint density at radius 2 is 1.85 bits per heavy atom. The Labute approximate surface area is 154 Å². The van der Waals surface area contributed by atoms with Gasteiger partial charge in [0.15, 0.2) is 0 Å². The van der Waals surface area contributed by atoms with Gasteiger partial charge in [0.05, 0.1) is 5.56 Å². The average Bonchev–Trinajstić information content (AvgIpc) is 2.92. The minimum Gasteiger partial charge on any atom is -0.341 e. The maximum absolute atomic E-state index is 12.6. The number of carbonyl (C=O) groups is 2. The third-order valence-corrected chi connectivity index (χ3v) is 4.75. The molecule has 1 saturated heterocycles. The fraction of sp³-hybridized carbons (Fsp3) is 0.381. The zero-order valence-electron chi connectivity index (χ0n) is 15.2. The third-order valence-electron chi connectivity index (χ3n) is 4.75. The van der Waals surface area contributed by atoms with Crippen LogP contribution < -0.4 is 0 Å². The molecule has 5 nitrogen and oxygen atoms in total. The number of hydrogen-bond acceptors (Lipinski definition) is 3. The van der Waals surface area contributed by atoms with Crippen LogP contribution in [0.2, 0.25) is 0 Å². The Bertz CT molecular complexity index is 761. The highest BCUT2D eigenvalue weighted by Gasteiger charge is 2.22. The van der Waals surface area contributed by atoms with Gasteiger partial charge in [-0.1, -0.05) is 29.8 Å². The molecule has 0 atom stereocenters. The molecule has 5 heteroatoms. The largest absolute Gasteiger partial charge is 0.341 e. The van der Waals surface area contributed by atoms with Crippen molar-refractivity contribution in [3.8, 4) is 0 Å². The predicted molar refractivity (Wildman–Crippen MR) is 101 cm³/mol. The molecule has 1 aromatic heterocycles. The Morgan fingerprint density at radius 3 is 2.62 bits per heavy atom. The van der Waals surface area contributed by atoms with Crippen molar-refractivity contribution in [3.05, 3.63) is 65.5 Å². The number of aromatic nitrogens is 1. The minimum atomic E-state index is -0.00726. The lowest BCUT2D eigenvalue weighted by atomic mass is 10.1. The van der Waals surface area contributed by atoms with Crippen LogP contribution in [0.25, 0.3) is 0 Å². The molecule has 2 amide bonds. The summed E-state index contributed by atoms with van der Waals surface area (Å²) < 4.78 is 0. The van der Waals surface area contributed by atoms with Crippen molar-refractivity contribution < 1.29 is 9.59 Å². The van der Waals surface area contributed by atoms with E-state index < -0.39 is 0 Å². The normalized spacial score (nSPS) is 14.8. The molecule has 0 saturated carbocycles. The SMILES string of the molecule is Cc1cccc(CCC(=O)N2CCCN(C(=O)c3cccnc3)CC2)c1. The van der Waals surface area contributed by atoms with Gasteiger partial charge >= 0.3 is 0 Å². The fourth-order valence-electron chi connectivity index (χ4n) is 3.32. The van der Waals surface area contributed by atoms with Crippen molar-refractivity contribution in [1.82, 2.24) is 14.8 Å². The maximum atomic E-state index is 12.6. The highest BCUT2D eigenvalue weighted by Crippen LogP contribution is 2.12. The van der Waals surface area contributed by atoms with Crippen LogP contribution in [-0.2, 0) is 11.2 Å². The van der Waals surface area contributed by atoms with Gasteiger partial charge < -0.3 is 9.80 Å². The van der Waals surface area contributed by atoms with Crippen LogP contribution in [0.1, 0.15) is 34.3 Å². The Kier molecular flexibility index (Phi) is 6.00. The molecule has 0 N–H and O–H groups in total. The van der Waals surface area contributed by atoms with Gasteiger partial charge in [-0.2, -0.15) is 0 Å². The Balaban J connectivity index is 1.53. The van der Waals surface area contributed by atoms with Gasteiger partial charge in [-0.25, -0.2) is 0 Å². The number of carbonyl (C=O) groups excluding carboxylic acids is 2. The van der Waals surface area contributed by atoms with Crippen LogP contribution in [0, 0.1) is 6.92 Å². The molecule has 0 aliphatic carbocycles. The van der Waals surface area contributed by atoms with Crippen molar-refractivity contribution in [2.75, 3.05) is 26.2 Å². The number of pyridine rings is 1. The molecule has 1 fully saturated rings. The van der Waals surface area contributed by atoms with Gasteiger partial charge in [0, 0.05) is 45.0 Å². The first-order chi connectivity index (χ1) is 12.6. The van der Waals surface area contributed by atoms with Crippen LogP contribution >= 0.6 is 0 Å². The first kappa shape index (κ1) is 18.1. The number of rotatable bonds is 4. The van der Waals surface area contributed by atoms with Crippen LogP contribution in [0.3, 0.4) is 0 Å². The lowest BCUT2D eigenvalue weighted by molar-refractivity contribution is -0.131. The van der Waals surface area contributed by atoms with Crippen molar-refractivity contribution in [3.63, 3.8) is 0 Å². The molecule has 1 aromatic carbocycles. The van der Waals surface area contributed by atoms with Crippen molar-refractivity contribution in [1.29, 1.82) is 0 Å². The number of nitrogens with zero attached hydrogens (tertiary/aromatic N) is 3. The van der Waals surface area contributed by atoms with Crippen LogP contribution in [0.15, 0.2) is 48.8 Å². The van der Waals surface area contributed by atoms with Gasteiger partial charge in [-0.05, 0) is 37.5 Å². The second-order valence-corrected chi connectivity index (χ2v) is 6.76. The number of hydrogen-bond donors (Lipinski definition) is 0. The average molecular weight is 351 g/mol. The highest BCUT2D eigenvalue weighted by molar-refractivity contribution is 5.94. The Morgan fingerprint density at radius 1 is 1.04 bits per heavy atom. The molecule has 0 unspecified atom stereocenters. The summed E-state index contributed by atoms with van der Waals surface area (Å²) in [6.07, 6.45) is 5.34. The first-order valence-electron chi connectivity index (χ1n) is 9.16. The van der Waals surface area contributed by atoms with Crippen molar-refractivity contribution >= 4 is 11.8 Å². The molecule has 2 aromatic rings. The van der Waals surface area contributed by atoms with E-state index >= 15 is 0 Å². The summed E-state index contributed by atoms with van der Waals surface area (Å²) in [5.74, 6) is 0.161. The van der Waals surface area contributed by atoms with E-state index in [-0.39, 0.29) is 11.8 Å². The quantitative estimate of drug-likeness (QED) is 0.851. The topological polar surface area (TPSA) is 53.5 Å². The monoisotopic (exact) mass is 351 g/mol. The van der Waals surface area contributed by atoms with Crippen LogP contribution in [0.4, 0.5) is 0 Å². The van der Waals surface area contributed by atoms with Crippen molar-refractivity contribution in [2.24, 2.45) is 0 Å². The third kappa shape index (κ3) is 4.69. The molecule has 1 aliphatic heterocycles. The summed E-state index contributed by atoms with van der Waals surface area (Å²) in [5, 5.41) is 0. The zero-order chi connectivity index (χ0) is 18.4. The molecular formula is C21H25N3O2. The maximum Gasteiger partial charge on any atom is 0.255 e. The predicted octanol–water partition coefficient (Wildman–Crippen LogP) is 2.70. The summed E-state index contributed by atoms with van der Waals surface area (Å²) in [6, 6.07) is 11.8. The number of benzene rings is 1. The minimum absolute atomic E-state index is 0.00726. The lowest BCUT2D eigenvalue weighted by Gasteiger charge is -2.22. The standard InChI is InChI=1S/C21H25N3O2/c1-17-5-2-6-18(15-17)8-9-20(25)23-11-4-12-24(14-13-23)21(26)19-7-3-10-22-16-19/h2-3,5-7,10,15-16H,4,8-9,11-14H2,1H3. The molecule has 0 spiro atoms. The number of aryl methyl sites for hydroxylation is 2. The van der Waals surface area contributed by atoms with E-state index in [1.165, 1.54) is 11.1 Å². The summed E-state index contributed by atoms with van der Waals surface area (Å²) in [5.41, 5.74) is 3.02. The molecule has 136 valence electrons. The van der Waals surface area contributed by atoms with E-state index in [0.717, 1.165) is 12.8 Å². The summed E-state index contributed by atoms with van der Waals surface area (Å²) in [7, 11) is 0. The smallest absolute Gasteiger partial charge is 0.255 e. The van der Waals surface area contributed by atoms with Crippen molar-refractivity contribution in [2.45, 2.75) is 26.2 Å². The Hall–Kier alpha value is -2.69. The van der Waals surface area contributed by atoms with Gasteiger partial charge in [-0.15, -0.1) is 0 Å². The molecule has 1 aliphatic rings. The molecule has 2 heterocycles. The highest BCUT2D eigenvalue weighted by atomic mass is 16.2. The second kappa shape index (κ2) is 8.61. The molecule has 0 radical (unpaired) electrons. The zero-order valence-corrected chi connectivity index (χ0v) is 15.2. The first-order valence-corrected chi connectivity index (χ1v) is 9.16. The van der Waals surface area contributed by atoms with Crippen LogP contribution in [-0.4, -0.2) is 52.8 Å². The molecule has 3 rings (SSSR count). The fourth-order valence-corrected chi connectivity index (χ4v) is 3.32. The molecule has 26 heavy (non-hydrogen) atoms. The summed E-state index contributed by atoms with van der Waals surface area (Å²) >= 11 is 0. The molecule has 0 bridgehead atoms. The van der Waals surface area contributed by atoms with Gasteiger partial charge in [0.1, 0.15) is 0 Å². The van der Waals surface area contributed by atoms with Gasteiger partial charge in [-0.3, -0.25) is 14.6 Å². The van der Waals surface area contributed by atoms with E-state index in [4.69, 9.17) is 0 Å². The van der Waals surface area contributed by atoms with E-state index in [0.29, 0.717) is 38.2 Å². The summed E-state index contributed by atoms with van der Waals surface area (Å²) in [4.78, 5) is 32.9. The van der Waals surface area contributed by atoms with Gasteiger partial charge in [0.2, 0.25) is 5.91 Å². The summed E-state index contributed by atoms with van der Waals surface area (Å²) in [6.45, 7) is 4.62. The van der Waals surface area contributed by atoms with E-state index in [1.807, 2.05) is 15.9 Å². The second-order valence-electron chi connectivity index (χ2n) is 6.76. The van der Waals surface area contributed by atoms with E-state index in [1.54, 1.807) is 24.5 Å². The lowest BCUT2D eigenvalue weighted by Crippen LogP contribution is -2.37. The van der Waals surface area contributed by atoms with E-state index in [9.17, 15) is 9.59 Å². The van der Waals surface area contributed by atoms with Crippen LogP contribution in [0.5, 0.6) is 0 Å². The van der Waals surface area contributed by atoms with Gasteiger partial charge in [0.25, 0.3) is 5.91 Å². The van der Waals surface area contributed by atoms with E-state index in [2.05, 4.69) is 30.1 Å². The molecular weight excluding hydrogens is 326 g/mol.